The number of benzene rings is 2. The summed E-state index contributed by atoms with van der Waals surface area (Å²) in [6, 6.07) is 12.3. The number of aromatic nitrogens is 1. The molecule has 1 fully saturated rings. The van der Waals surface area contributed by atoms with Gasteiger partial charge < -0.3 is 25.5 Å². The summed E-state index contributed by atoms with van der Waals surface area (Å²) in [5, 5.41) is 0.793. The highest BCUT2D eigenvalue weighted by atomic mass is 19.3. The Hall–Kier alpha value is -2.80. The molecule has 7 heteroatoms. The first-order valence-electron chi connectivity index (χ1n) is 8.87. The van der Waals surface area contributed by atoms with Crippen molar-refractivity contribution in [2.45, 2.75) is 32.1 Å². The molecule has 2 heterocycles. The minimum absolute atomic E-state index is 0.0622. The van der Waals surface area contributed by atoms with Crippen LogP contribution in [0.3, 0.4) is 0 Å². The van der Waals surface area contributed by atoms with Crippen LogP contribution in [-0.2, 0) is 11.3 Å². The number of ether oxygens (including phenoxy) is 2. The molecule has 1 unspecified atom stereocenters. The number of halogens is 2. The summed E-state index contributed by atoms with van der Waals surface area (Å²) >= 11 is 0. The van der Waals surface area contributed by atoms with Gasteiger partial charge in [0.1, 0.15) is 5.75 Å². The van der Waals surface area contributed by atoms with E-state index in [1.807, 2.05) is 28.8 Å². The molecule has 0 amide bonds. The summed E-state index contributed by atoms with van der Waals surface area (Å²) in [5.74, 6) is 0.104. The topological polar surface area (TPSA) is 75.4 Å². The number of hydrogen-bond acceptors (Lipinski definition) is 4. The van der Waals surface area contributed by atoms with E-state index in [1.54, 1.807) is 12.1 Å². The van der Waals surface area contributed by atoms with Gasteiger partial charge in [0, 0.05) is 35.9 Å². The van der Waals surface area contributed by atoms with Crippen LogP contribution in [0.2, 0.25) is 0 Å². The van der Waals surface area contributed by atoms with Crippen molar-refractivity contribution >= 4 is 22.3 Å². The third kappa shape index (κ3) is 3.42. The van der Waals surface area contributed by atoms with Crippen LogP contribution in [-0.4, -0.2) is 23.9 Å². The Morgan fingerprint density at radius 3 is 2.59 bits per heavy atom. The molecule has 4 N–H and O–H groups in total. The van der Waals surface area contributed by atoms with E-state index in [1.165, 1.54) is 6.07 Å². The lowest BCUT2D eigenvalue weighted by Crippen LogP contribution is -2.16. The third-order valence-electron chi connectivity index (χ3n) is 4.89. The molecular formula is C20H21F2N3O2. The smallest absolute Gasteiger partial charge is 0.387 e. The molecule has 4 rings (SSSR count). The van der Waals surface area contributed by atoms with E-state index in [2.05, 4.69) is 4.74 Å². The van der Waals surface area contributed by atoms with Crippen LogP contribution in [0, 0.1) is 0 Å². The summed E-state index contributed by atoms with van der Waals surface area (Å²) in [5.41, 5.74) is 16.0. The number of nitrogens with two attached hydrogens (primary N) is 2. The molecule has 1 aliphatic rings. The first-order valence-corrected chi connectivity index (χ1v) is 8.87. The maximum absolute atomic E-state index is 12.7. The van der Waals surface area contributed by atoms with Crippen LogP contribution >= 0.6 is 0 Å². The lowest BCUT2D eigenvalue weighted by atomic mass is 10.1. The second-order valence-corrected chi connectivity index (χ2v) is 6.69. The van der Waals surface area contributed by atoms with Crippen molar-refractivity contribution in [1.29, 1.82) is 0 Å². The highest BCUT2D eigenvalue weighted by Gasteiger charge is 2.23. The second-order valence-electron chi connectivity index (χ2n) is 6.69. The number of alkyl halides is 2. The van der Waals surface area contributed by atoms with E-state index in [9.17, 15) is 8.78 Å². The van der Waals surface area contributed by atoms with Crippen LogP contribution < -0.4 is 16.2 Å². The van der Waals surface area contributed by atoms with Gasteiger partial charge in [-0.3, -0.25) is 0 Å². The van der Waals surface area contributed by atoms with E-state index in [0.29, 0.717) is 17.9 Å². The normalized spacial score (nSPS) is 17.1. The minimum Gasteiger partial charge on any atom is -0.435 e. The molecule has 1 aromatic heterocycles. The lowest BCUT2D eigenvalue weighted by molar-refractivity contribution is -0.0497. The predicted molar refractivity (Wildman–Crippen MR) is 102 cm³/mol. The van der Waals surface area contributed by atoms with E-state index in [0.717, 1.165) is 41.6 Å². The second kappa shape index (κ2) is 7.08. The Morgan fingerprint density at radius 1 is 1.15 bits per heavy atom. The van der Waals surface area contributed by atoms with E-state index in [4.69, 9.17) is 16.2 Å². The van der Waals surface area contributed by atoms with Crippen LogP contribution in [0.25, 0.3) is 22.2 Å². The lowest BCUT2D eigenvalue weighted by Gasteiger charge is -2.16. The minimum atomic E-state index is -2.88. The SMILES string of the molecule is Nc1ccc(-c2c(N)c3ccc(OC(F)F)cc3n2CC2CCCO2)cc1. The quantitative estimate of drug-likeness (QED) is 0.656. The van der Waals surface area contributed by atoms with Gasteiger partial charge in [-0.2, -0.15) is 8.78 Å². The van der Waals surface area contributed by atoms with E-state index < -0.39 is 6.61 Å². The Kier molecular flexibility index (Phi) is 4.61. The molecule has 1 saturated heterocycles. The standard InChI is InChI=1S/C20H21F2N3O2/c21-20(22)27-14-7-8-16-17(10-14)25(11-15-2-1-9-26-15)19(18(16)24)12-3-5-13(23)6-4-12/h3-8,10,15,20H,1-2,9,11,23-24H2. The third-order valence-corrected chi connectivity index (χ3v) is 4.89. The van der Waals surface area contributed by atoms with Crippen molar-refractivity contribution in [2.75, 3.05) is 18.1 Å². The fourth-order valence-corrected chi connectivity index (χ4v) is 3.67. The fraction of sp³-hybridized carbons (Fsp3) is 0.300. The average molecular weight is 373 g/mol. The molecule has 2 aromatic carbocycles. The van der Waals surface area contributed by atoms with Gasteiger partial charge in [-0.25, -0.2) is 0 Å². The van der Waals surface area contributed by atoms with Gasteiger partial charge >= 0.3 is 6.61 Å². The van der Waals surface area contributed by atoms with Crippen LogP contribution in [0.4, 0.5) is 20.2 Å². The maximum Gasteiger partial charge on any atom is 0.387 e. The van der Waals surface area contributed by atoms with Gasteiger partial charge in [0.25, 0.3) is 0 Å². The molecular weight excluding hydrogens is 352 g/mol. The first-order chi connectivity index (χ1) is 13.0. The number of rotatable bonds is 5. The molecule has 27 heavy (non-hydrogen) atoms. The molecule has 142 valence electrons. The molecule has 3 aromatic rings. The van der Waals surface area contributed by atoms with Crippen molar-refractivity contribution in [2.24, 2.45) is 0 Å². The zero-order valence-corrected chi connectivity index (χ0v) is 14.7. The summed E-state index contributed by atoms with van der Waals surface area (Å²) in [7, 11) is 0. The summed E-state index contributed by atoms with van der Waals surface area (Å²) < 4.78 is 37.7. The van der Waals surface area contributed by atoms with Crippen LogP contribution in [0.5, 0.6) is 5.75 Å². The maximum atomic E-state index is 12.7. The Morgan fingerprint density at radius 2 is 1.93 bits per heavy atom. The zero-order valence-electron chi connectivity index (χ0n) is 14.7. The molecule has 0 bridgehead atoms. The average Bonchev–Trinajstić information content (AvgIpc) is 3.23. The molecule has 0 spiro atoms. The van der Waals surface area contributed by atoms with Crippen LogP contribution in [0.1, 0.15) is 12.8 Å². The molecule has 0 radical (unpaired) electrons. The van der Waals surface area contributed by atoms with Gasteiger partial charge in [-0.05, 0) is 37.1 Å². The van der Waals surface area contributed by atoms with Crippen molar-refractivity contribution in [3.63, 3.8) is 0 Å². The first kappa shape index (κ1) is 17.6. The van der Waals surface area contributed by atoms with Gasteiger partial charge in [0.15, 0.2) is 0 Å². The number of nitrogen functional groups attached to an aromatic ring is 2. The molecule has 5 nitrogen and oxygen atoms in total. The van der Waals surface area contributed by atoms with Crippen LogP contribution in [0.15, 0.2) is 42.5 Å². The predicted octanol–water partition coefficient (Wildman–Crippen LogP) is 4.25. The van der Waals surface area contributed by atoms with Crippen molar-refractivity contribution in [3.05, 3.63) is 42.5 Å². The number of fused-ring (bicyclic) bond motifs is 1. The van der Waals surface area contributed by atoms with Gasteiger partial charge in [0.05, 0.1) is 23.0 Å². The van der Waals surface area contributed by atoms with Crippen molar-refractivity contribution in [3.8, 4) is 17.0 Å². The van der Waals surface area contributed by atoms with E-state index in [-0.39, 0.29) is 11.9 Å². The van der Waals surface area contributed by atoms with Crippen molar-refractivity contribution in [1.82, 2.24) is 4.57 Å². The zero-order chi connectivity index (χ0) is 19.0. The Labute approximate surface area is 155 Å². The van der Waals surface area contributed by atoms with Gasteiger partial charge in [-0.1, -0.05) is 12.1 Å². The highest BCUT2D eigenvalue weighted by molar-refractivity contribution is 6.01. The summed E-state index contributed by atoms with van der Waals surface area (Å²) in [4.78, 5) is 0. The Balaban J connectivity index is 1.88. The molecule has 1 atom stereocenters. The molecule has 1 aliphatic heterocycles. The van der Waals surface area contributed by atoms with E-state index >= 15 is 0 Å². The largest absolute Gasteiger partial charge is 0.435 e. The number of anilines is 2. The summed E-state index contributed by atoms with van der Waals surface area (Å²) in [6.45, 7) is -1.56. The monoisotopic (exact) mass is 373 g/mol. The number of nitrogens with zero attached hydrogens (tertiary/aromatic N) is 1. The highest BCUT2D eigenvalue weighted by Crippen LogP contribution is 2.39. The number of hydrogen-bond donors (Lipinski definition) is 2. The summed E-state index contributed by atoms with van der Waals surface area (Å²) in [6.07, 6.45) is 2.02. The fourth-order valence-electron chi connectivity index (χ4n) is 3.67. The Bertz CT molecular complexity index is 948. The van der Waals surface area contributed by atoms with Gasteiger partial charge in [0.2, 0.25) is 0 Å². The van der Waals surface area contributed by atoms with Gasteiger partial charge in [-0.15, -0.1) is 0 Å². The molecule has 0 saturated carbocycles. The van der Waals surface area contributed by atoms with Crippen molar-refractivity contribution < 1.29 is 18.3 Å². The molecule has 0 aliphatic carbocycles.